The number of thiocarbonyl (C=S) groups is 1. The number of fused-ring (bicyclic) bond motifs is 1. The molecule has 1 aliphatic rings. The van der Waals surface area contributed by atoms with Crippen molar-refractivity contribution in [2.75, 3.05) is 11.9 Å². The van der Waals surface area contributed by atoms with Gasteiger partial charge < -0.3 is 10.2 Å². The molecule has 1 aromatic carbocycles. The molecule has 0 bridgehead atoms. The van der Waals surface area contributed by atoms with Crippen LogP contribution in [0.3, 0.4) is 0 Å². The van der Waals surface area contributed by atoms with Gasteiger partial charge in [-0.2, -0.15) is 0 Å². The van der Waals surface area contributed by atoms with E-state index in [1.165, 1.54) is 16.0 Å². The predicted molar refractivity (Wildman–Crippen MR) is 90.5 cm³/mol. The first-order valence-corrected chi connectivity index (χ1v) is 8.14. The fourth-order valence-electron chi connectivity index (χ4n) is 2.71. The predicted octanol–water partition coefficient (Wildman–Crippen LogP) is 4.37. The zero-order valence-corrected chi connectivity index (χ0v) is 13.4. The minimum absolute atomic E-state index is 0.356. The molecule has 0 amide bonds. The summed E-state index contributed by atoms with van der Waals surface area (Å²) in [4.78, 5) is 3.79. The highest BCUT2D eigenvalue weighted by Crippen LogP contribution is 2.33. The Morgan fingerprint density at radius 2 is 2.25 bits per heavy atom. The molecule has 2 aromatic rings. The summed E-state index contributed by atoms with van der Waals surface area (Å²) in [7, 11) is 0. The van der Waals surface area contributed by atoms with Crippen molar-refractivity contribution >= 4 is 34.4 Å². The van der Waals surface area contributed by atoms with Gasteiger partial charge in [-0.15, -0.1) is 11.3 Å². The Hall–Kier alpha value is -1.39. The van der Waals surface area contributed by atoms with Gasteiger partial charge in [0.1, 0.15) is 0 Å². The van der Waals surface area contributed by atoms with Crippen molar-refractivity contribution in [2.45, 2.75) is 26.3 Å². The molecule has 1 N–H and O–H groups in total. The lowest BCUT2D eigenvalue weighted by molar-refractivity contribution is 0.326. The van der Waals surface area contributed by atoms with Crippen LogP contribution in [-0.2, 0) is 6.42 Å². The highest BCUT2D eigenvalue weighted by atomic mass is 32.1. The van der Waals surface area contributed by atoms with Crippen LogP contribution in [-0.4, -0.2) is 16.6 Å². The lowest BCUT2D eigenvalue weighted by Crippen LogP contribution is -2.40. The smallest absolute Gasteiger partial charge is 0.173 e. The van der Waals surface area contributed by atoms with Crippen molar-refractivity contribution in [1.82, 2.24) is 4.90 Å². The Labute approximate surface area is 129 Å². The highest BCUT2D eigenvalue weighted by Gasteiger charge is 2.26. The molecular weight excluding hydrogens is 284 g/mol. The monoisotopic (exact) mass is 302 g/mol. The Balaban J connectivity index is 1.75. The van der Waals surface area contributed by atoms with Gasteiger partial charge in [0.05, 0.1) is 6.04 Å². The summed E-state index contributed by atoms with van der Waals surface area (Å²) in [5.41, 5.74) is 3.73. The van der Waals surface area contributed by atoms with Crippen LogP contribution >= 0.6 is 23.6 Å². The molecule has 0 spiro atoms. The number of hydrogen-bond donors (Lipinski definition) is 1. The molecule has 1 atom stereocenters. The van der Waals surface area contributed by atoms with E-state index >= 15 is 0 Å². The number of nitrogens with zero attached hydrogens (tertiary/aromatic N) is 1. The van der Waals surface area contributed by atoms with Gasteiger partial charge in [0.2, 0.25) is 0 Å². The maximum Gasteiger partial charge on any atom is 0.173 e. The van der Waals surface area contributed by atoms with Crippen molar-refractivity contribution in [3.63, 3.8) is 0 Å². The Morgan fingerprint density at radius 1 is 1.40 bits per heavy atom. The number of hydrogen-bond acceptors (Lipinski definition) is 2. The topological polar surface area (TPSA) is 15.3 Å². The highest BCUT2D eigenvalue weighted by molar-refractivity contribution is 7.80. The van der Waals surface area contributed by atoms with E-state index in [4.69, 9.17) is 12.2 Å². The summed E-state index contributed by atoms with van der Waals surface area (Å²) in [5.74, 6) is 0. The van der Waals surface area contributed by atoms with Gasteiger partial charge >= 0.3 is 0 Å². The van der Waals surface area contributed by atoms with Gasteiger partial charge in [-0.1, -0.05) is 12.1 Å². The molecule has 2 nitrogen and oxygen atoms in total. The summed E-state index contributed by atoms with van der Waals surface area (Å²) >= 11 is 7.46. The summed E-state index contributed by atoms with van der Waals surface area (Å²) in [5, 5.41) is 6.37. The first kappa shape index (κ1) is 13.6. The summed E-state index contributed by atoms with van der Waals surface area (Å²) in [6.07, 6.45) is 1.09. The number of aryl methyl sites for hydroxylation is 1. The molecule has 1 aromatic heterocycles. The molecule has 0 aliphatic carbocycles. The average Bonchev–Trinajstić information content (AvgIpc) is 2.88. The number of rotatable bonds is 1. The van der Waals surface area contributed by atoms with Gasteiger partial charge in [-0.3, -0.25) is 0 Å². The van der Waals surface area contributed by atoms with Crippen molar-refractivity contribution in [3.8, 4) is 0 Å². The molecule has 104 valence electrons. The largest absolute Gasteiger partial charge is 0.342 e. The number of nitrogens with one attached hydrogen (secondary N) is 1. The van der Waals surface area contributed by atoms with Crippen molar-refractivity contribution in [3.05, 3.63) is 51.7 Å². The fraction of sp³-hybridized carbons (Fsp3) is 0.312. The fourth-order valence-corrected chi connectivity index (χ4v) is 4.03. The van der Waals surface area contributed by atoms with E-state index in [9.17, 15) is 0 Å². The van der Waals surface area contributed by atoms with Crippen LogP contribution in [0.1, 0.15) is 29.0 Å². The van der Waals surface area contributed by atoms with Gasteiger partial charge in [-0.05, 0) is 67.2 Å². The zero-order valence-electron chi connectivity index (χ0n) is 11.7. The lowest BCUT2D eigenvalue weighted by atomic mass is 10.0. The molecule has 1 aliphatic heterocycles. The van der Waals surface area contributed by atoms with E-state index in [1.54, 1.807) is 0 Å². The minimum Gasteiger partial charge on any atom is -0.342 e. The van der Waals surface area contributed by atoms with E-state index in [0.717, 1.165) is 23.8 Å². The van der Waals surface area contributed by atoms with E-state index in [1.807, 2.05) is 11.3 Å². The minimum atomic E-state index is 0.356. The number of anilines is 1. The van der Waals surface area contributed by atoms with Crippen LogP contribution in [0, 0.1) is 6.92 Å². The maximum atomic E-state index is 5.60. The van der Waals surface area contributed by atoms with Crippen molar-refractivity contribution in [1.29, 1.82) is 0 Å². The maximum absolute atomic E-state index is 5.60. The van der Waals surface area contributed by atoms with Crippen molar-refractivity contribution < 1.29 is 0 Å². The molecular formula is C16H18N2S2. The van der Waals surface area contributed by atoms with E-state index in [0.29, 0.717) is 6.04 Å². The Kier molecular flexibility index (Phi) is 3.76. The molecule has 0 saturated carbocycles. The lowest BCUT2D eigenvalue weighted by Gasteiger charge is -2.35. The number of benzene rings is 1. The van der Waals surface area contributed by atoms with E-state index in [-0.39, 0.29) is 0 Å². The third-order valence-corrected chi connectivity index (χ3v) is 5.14. The van der Waals surface area contributed by atoms with Crippen LogP contribution < -0.4 is 5.32 Å². The molecule has 2 heterocycles. The summed E-state index contributed by atoms with van der Waals surface area (Å²) in [6, 6.07) is 10.9. The van der Waals surface area contributed by atoms with E-state index < -0.39 is 0 Å². The standard InChI is InChI=1S/C16H18N2S2/c1-11-4-3-5-13(10-11)17-16(19)18-8-6-15-14(12(18)2)7-9-20-15/h3-5,7,9-10,12H,6,8H2,1-2H3,(H,17,19)/t12-/m0/s1. The second-order valence-corrected chi connectivity index (χ2v) is 6.61. The molecule has 20 heavy (non-hydrogen) atoms. The summed E-state index contributed by atoms with van der Waals surface area (Å²) < 4.78 is 0. The molecule has 4 heteroatoms. The zero-order chi connectivity index (χ0) is 14.1. The summed E-state index contributed by atoms with van der Waals surface area (Å²) in [6.45, 7) is 5.32. The van der Waals surface area contributed by atoms with Crippen LogP contribution in [0.4, 0.5) is 5.69 Å². The SMILES string of the molecule is Cc1cccc(NC(=S)N2CCc3sccc3[C@@H]2C)c1. The second-order valence-electron chi connectivity index (χ2n) is 5.22. The normalized spacial score (nSPS) is 17.7. The third kappa shape index (κ3) is 2.58. The van der Waals surface area contributed by atoms with Gasteiger partial charge in [0.25, 0.3) is 0 Å². The van der Waals surface area contributed by atoms with Gasteiger partial charge in [0, 0.05) is 17.1 Å². The van der Waals surface area contributed by atoms with Crippen LogP contribution in [0.2, 0.25) is 0 Å². The van der Waals surface area contributed by atoms with Crippen molar-refractivity contribution in [2.24, 2.45) is 0 Å². The quantitative estimate of drug-likeness (QED) is 0.787. The van der Waals surface area contributed by atoms with Gasteiger partial charge in [-0.25, -0.2) is 0 Å². The molecule has 0 fully saturated rings. The Morgan fingerprint density at radius 3 is 3.05 bits per heavy atom. The molecule has 0 saturated heterocycles. The Bertz CT molecular complexity index is 633. The number of thiophene rings is 1. The first-order valence-electron chi connectivity index (χ1n) is 6.85. The molecule has 3 rings (SSSR count). The van der Waals surface area contributed by atoms with Gasteiger partial charge in [0.15, 0.2) is 5.11 Å². The third-order valence-electron chi connectivity index (χ3n) is 3.81. The molecule has 0 unspecified atom stereocenters. The average molecular weight is 302 g/mol. The first-order chi connectivity index (χ1) is 9.65. The molecule has 0 radical (unpaired) electrons. The van der Waals surface area contributed by atoms with Crippen LogP contribution in [0.15, 0.2) is 35.7 Å². The van der Waals surface area contributed by atoms with Crippen LogP contribution in [0.25, 0.3) is 0 Å². The van der Waals surface area contributed by atoms with E-state index in [2.05, 4.69) is 59.8 Å². The van der Waals surface area contributed by atoms with Crippen LogP contribution in [0.5, 0.6) is 0 Å². The second kappa shape index (κ2) is 5.54.